The molecule has 0 aromatic heterocycles. The minimum atomic E-state index is -5.40. The fraction of sp³-hybridized carbons (Fsp3) is 0.493. The summed E-state index contributed by atoms with van der Waals surface area (Å²) in [4.78, 5) is 5.37. The van der Waals surface area contributed by atoms with Gasteiger partial charge < -0.3 is 20.4 Å². The molecule has 6 aromatic carbocycles. The molecule has 15 nitrogen and oxygen atoms in total. The van der Waals surface area contributed by atoms with Crippen molar-refractivity contribution < 1.29 is 192 Å². The van der Waals surface area contributed by atoms with Crippen LogP contribution in [0.4, 0.5) is 158 Å². The highest BCUT2D eigenvalue weighted by Crippen LogP contribution is 2.45. The number of alkyl halides is 40. The summed E-state index contributed by atoms with van der Waals surface area (Å²) in [7, 11) is -3.74. The molecule has 0 atom stereocenters. The Morgan fingerprint density at radius 1 is 0.343 bits per heavy atom. The summed E-state index contributed by atoms with van der Waals surface area (Å²) >= 11 is 17.8. The number of hydrogen-bond donors (Lipinski definition) is 2. The van der Waals surface area contributed by atoms with Crippen molar-refractivity contribution in [1.82, 2.24) is 23.1 Å². The lowest BCUT2D eigenvalue weighted by molar-refractivity contribution is -0.144. The Hall–Kier alpha value is -6.16. The molecule has 0 amide bonds. The highest BCUT2D eigenvalue weighted by Gasteiger charge is 2.45. The molecule has 0 spiro atoms. The molecule has 0 aliphatic heterocycles. The molecule has 0 bridgehead atoms. The van der Waals surface area contributed by atoms with Gasteiger partial charge in [-0.3, -0.25) is 0 Å². The monoisotopic (exact) mass is 2240 g/mol. The van der Waals surface area contributed by atoms with Crippen molar-refractivity contribution in [3.8, 4) is 5.40 Å². The van der Waals surface area contributed by atoms with Gasteiger partial charge in [-0.2, -0.15) is 163 Å². The molecule has 0 radical (unpaired) electrons. The topological polar surface area (TPSA) is 211 Å². The summed E-state index contributed by atoms with van der Waals surface area (Å²) < 4.78 is 557. The number of benzene rings is 6. The molecular formula is C73H76BrCl4F36N7O8S5. The number of hydrogen-bond acceptors (Lipinski definition) is 14. The normalized spacial score (nSPS) is 13.0. The Morgan fingerprint density at radius 2 is 0.545 bits per heavy atom. The van der Waals surface area contributed by atoms with Crippen LogP contribution in [0.3, 0.4) is 0 Å². The van der Waals surface area contributed by atoms with Gasteiger partial charge in [0.15, 0.2) is 4.30 Å². The maximum Gasteiger partial charge on any atom is 0.416 e. The third-order valence-electron chi connectivity index (χ3n) is 15.2. The van der Waals surface area contributed by atoms with Crippen molar-refractivity contribution in [2.24, 2.45) is 5.73 Å². The molecule has 0 unspecified atom stereocenters. The van der Waals surface area contributed by atoms with E-state index in [4.69, 9.17) is 56.5 Å². The quantitative estimate of drug-likeness (QED) is 0.0180. The summed E-state index contributed by atoms with van der Waals surface area (Å²) in [5.41, 5.74) is -17.7. The van der Waals surface area contributed by atoms with Crippen LogP contribution in [-0.4, -0.2) is 138 Å². The van der Waals surface area contributed by atoms with E-state index >= 15 is 0 Å². The standard InChI is InChI=1S/C23H22F12N2O4S2.C14H18F6N2O2S.C10H5F6NS.C9H5BrF6.C9H5ClF6O2S.C5H14N2.C2H6.CHCl3/c1-36(2)4-3-5-37(42(38,39)12-14-6-16(20(24,25)26)10-17(7-14)21(27,28)29)43(40,41)13-15-8-18(22(30,31)32)11-19(9-15)23(33,34)35;1-22(2)5-3-4-21-25(23,24)9-10-6-11(13(15,16)17)8-12(7-10)14(18,19)20;11-9(12,13)7-1-6(4-18-5-17)2-8(3-7)10(14,15)16;10-4-5-1-6(8(11,12)13)3-7(2-5)9(14,15)16;10-19(17,18)4-5-1-6(8(11,12)13)3-7(2-5)9(14,15)16;1-7(2)5-3-4-6;1-2;2-1(3)4/h6-11H,3-5,12-13H2,1-2H3;6-8,21H,3-5,9H2,1-2H3;1-3H,4H2;1-3H,4H2;1-3H,4H2;3-6H2,1-2H3;1-2H3;1H. The minimum Gasteiger partial charge on any atom is -0.330 e. The van der Waals surface area contributed by atoms with E-state index in [9.17, 15) is 192 Å². The number of rotatable bonds is 25. The molecule has 3 N–H and O–H groups in total. The van der Waals surface area contributed by atoms with Crippen LogP contribution in [0, 0.1) is 10.7 Å². The molecule has 0 fully saturated rings. The van der Waals surface area contributed by atoms with Crippen LogP contribution in [0.15, 0.2) is 109 Å². The van der Waals surface area contributed by atoms with Gasteiger partial charge in [-0.15, -0.1) is 0 Å². The largest absolute Gasteiger partial charge is 0.416 e. The van der Waals surface area contributed by atoms with Crippen molar-refractivity contribution >= 4 is 112 Å². The molecule has 61 heteroatoms. The van der Waals surface area contributed by atoms with Gasteiger partial charge in [-0.05, 0) is 242 Å². The number of nitrogens with two attached hydrogens (primary N) is 1. The molecular weight excluding hydrogens is 2170 g/mol. The van der Waals surface area contributed by atoms with Gasteiger partial charge in [0, 0.05) is 34.9 Å². The van der Waals surface area contributed by atoms with Gasteiger partial charge in [-0.25, -0.2) is 38.4 Å². The average molecular weight is 2250 g/mol. The number of thioether (sulfide) groups is 1. The zero-order valence-corrected chi connectivity index (χ0v) is 77.9. The fourth-order valence-electron chi connectivity index (χ4n) is 9.76. The van der Waals surface area contributed by atoms with Crippen LogP contribution >= 0.6 is 73.2 Å². The Morgan fingerprint density at radius 3 is 0.739 bits per heavy atom. The highest BCUT2D eigenvalue weighted by atomic mass is 79.9. The van der Waals surface area contributed by atoms with Gasteiger partial charge in [0.25, 0.3) is 0 Å². The molecule has 0 saturated carbocycles. The number of thiocyanates is 1. The summed E-state index contributed by atoms with van der Waals surface area (Å²) in [6.07, 6.45) is -59.6. The molecule has 0 aliphatic carbocycles. The number of halogens is 41. The second-order valence-corrected chi connectivity index (χ2v) is 39.3. The van der Waals surface area contributed by atoms with E-state index < -0.39 is 236 Å². The van der Waals surface area contributed by atoms with Crippen molar-refractivity contribution in [2.45, 2.75) is 146 Å². The number of nitrogens with one attached hydrogen (secondary N) is 1. The zero-order chi connectivity index (χ0) is 106. The number of nitrogens with zero attached hydrogens (tertiary/aromatic N) is 5. The lowest BCUT2D eigenvalue weighted by Gasteiger charge is -2.24. The van der Waals surface area contributed by atoms with Crippen LogP contribution in [0.25, 0.3) is 0 Å². The van der Waals surface area contributed by atoms with Gasteiger partial charge >= 0.3 is 74.1 Å². The maximum absolute atomic E-state index is 13.2. The van der Waals surface area contributed by atoms with Crippen LogP contribution < -0.4 is 10.5 Å². The first-order valence-electron chi connectivity index (χ1n) is 35.9. The van der Waals surface area contributed by atoms with Crippen LogP contribution in [-0.2, 0) is 147 Å². The maximum atomic E-state index is 13.2. The molecule has 0 aliphatic rings. The van der Waals surface area contributed by atoms with E-state index in [1.165, 1.54) is 19.0 Å². The number of sulfonamides is 3. The molecule has 768 valence electrons. The van der Waals surface area contributed by atoms with Crippen LogP contribution in [0.1, 0.15) is 133 Å². The van der Waals surface area contributed by atoms with Gasteiger partial charge in [0.2, 0.25) is 39.1 Å². The molecule has 134 heavy (non-hydrogen) atoms. The second kappa shape index (κ2) is 52.9. The van der Waals surface area contributed by atoms with Crippen LogP contribution in [0.5, 0.6) is 0 Å². The van der Waals surface area contributed by atoms with E-state index in [1.54, 1.807) is 24.4 Å². The van der Waals surface area contributed by atoms with Gasteiger partial charge in [-0.1, -0.05) is 68.3 Å². The van der Waals surface area contributed by atoms with Crippen molar-refractivity contribution in [3.63, 3.8) is 0 Å². The Balaban J connectivity index is 0. The molecule has 6 aromatic rings. The van der Waals surface area contributed by atoms with Gasteiger partial charge in [0.1, 0.15) is 5.40 Å². The smallest absolute Gasteiger partial charge is 0.330 e. The Kier molecular flexibility index (Phi) is 51.3. The van der Waals surface area contributed by atoms with E-state index in [0.29, 0.717) is 73.3 Å². The summed E-state index contributed by atoms with van der Waals surface area (Å²) in [6, 6.07) is 3.64. The first-order valence-corrected chi connectivity index (χ1v) is 46.6. The lowest BCUT2D eigenvalue weighted by Crippen LogP contribution is -2.40. The summed E-state index contributed by atoms with van der Waals surface area (Å²) in [5.74, 6) is -5.80. The average Bonchev–Trinajstić information content (AvgIpc) is 0.775. The summed E-state index contributed by atoms with van der Waals surface area (Å²) in [5, 5.41) is 9.77. The predicted molar refractivity (Wildman–Crippen MR) is 431 cm³/mol. The van der Waals surface area contributed by atoms with Crippen molar-refractivity contribution in [3.05, 3.63) is 209 Å². The first-order chi connectivity index (χ1) is 59.9. The lowest BCUT2D eigenvalue weighted by atomic mass is 10.1. The minimum absolute atomic E-state index is 0.0227. The van der Waals surface area contributed by atoms with Crippen molar-refractivity contribution in [1.29, 1.82) is 5.26 Å². The third-order valence-corrected chi connectivity index (χ3v) is 23.2. The van der Waals surface area contributed by atoms with Crippen LogP contribution in [0.2, 0.25) is 0 Å². The van der Waals surface area contributed by atoms with E-state index in [-0.39, 0.29) is 106 Å². The number of nitriles is 1. The Bertz CT molecular complexity index is 4900. The molecule has 6 rings (SSSR count). The zero-order valence-electron chi connectivity index (χ0n) is 69.2. The van der Waals surface area contributed by atoms with E-state index in [1.807, 2.05) is 13.8 Å². The summed E-state index contributed by atoms with van der Waals surface area (Å²) in [6.45, 7) is 5.51. The second-order valence-electron chi connectivity index (χ2n) is 27.4. The molecule has 0 heterocycles. The fourth-order valence-corrected chi connectivity index (χ4v) is 16.6. The SMILES string of the molecule is CC.CN(C)CCCN.CN(C)CCCN(S(=O)(=O)Cc1cc(C(F)(F)F)cc(C(F)(F)F)c1)S(=O)(=O)Cc1cc(C(F)(F)F)cc(C(F)(F)F)c1.CN(C)CCCNS(=O)(=O)Cc1cc(C(F)(F)F)cc(C(F)(F)F)c1.ClC(Cl)Cl.FC(F)(F)c1cc(CBr)cc(C(F)(F)F)c1.N#CSCc1cc(C(F)(F)F)cc(C(F)(F)F)c1.O=S(=O)(Cl)Cc1cc(C(F)(F)F)cc(C(F)(F)F)c1. The van der Waals surface area contributed by atoms with Crippen molar-refractivity contribution in [2.75, 3.05) is 81.6 Å². The van der Waals surface area contributed by atoms with E-state index in [2.05, 4.69) is 39.6 Å². The highest BCUT2D eigenvalue weighted by molar-refractivity contribution is 9.08. The van der Waals surface area contributed by atoms with E-state index in [0.717, 1.165) is 19.5 Å². The van der Waals surface area contributed by atoms with Gasteiger partial charge in [0.05, 0.1) is 89.8 Å². The predicted octanol–water partition coefficient (Wildman–Crippen LogP) is 25.2. The Labute approximate surface area is 775 Å². The molecule has 0 saturated heterocycles. The third kappa shape index (κ3) is 52.2. The first kappa shape index (κ1) is 130.